The summed E-state index contributed by atoms with van der Waals surface area (Å²) in [7, 11) is 0. The van der Waals surface area contributed by atoms with Crippen molar-refractivity contribution < 1.29 is 9.59 Å². The Morgan fingerprint density at radius 1 is 1.00 bits per heavy atom. The Morgan fingerprint density at radius 2 is 1.82 bits per heavy atom. The molecule has 3 aromatic rings. The van der Waals surface area contributed by atoms with Crippen molar-refractivity contribution in [2.24, 2.45) is 0 Å². The summed E-state index contributed by atoms with van der Waals surface area (Å²) < 4.78 is 0. The molecule has 3 rings (SSSR count). The van der Waals surface area contributed by atoms with E-state index in [9.17, 15) is 9.59 Å². The van der Waals surface area contributed by atoms with Crippen LogP contribution in [0.3, 0.4) is 0 Å². The quantitative estimate of drug-likeness (QED) is 0.708. The monoisotopic (exact) mass is 376 g/mol. The van der Waals surface area contributed by atoms with E-state index < -0.39 is 0 Å². The maximum atomic E-state index is 12.7. The van der Waals surface area contributed by atoms with Crippen molar-refractivity contribution in [2.75, 3.05) is 10.6 Å². The van der Waals surface area contributed by atoms with E-state index in [1.165, 1.54) is 0 Å². The number of aryl methyl sites for hydroxylation is 2. The standard InChI is InChI=1S/C20H20N6O2/c1-4-17(27)24-14-8-9-15(12(2)11-14)19(28)26-20-23-13(3)22-18(25-20)16-7-5-6-10-21-16/h5-11H,4H2,1-3H3,(H,24,27)(H,22,23,25,26,28). The van der Waals surface area contributed by atoms with Crippen LogP contribution < -0.4 is 10.6 Å². The normalized spacial score (nSPS) is 10.4. The molecule has 0 aliphatic carbocycles. The third-order valence-corrected chi connectivity index (χ3v) is 3.94. The molecule has 0 saturated carbocycles. The highest BCUT2D eigenvalue weighted by Crippen LogP contribution is 2.18. The minimum absolute atomic E-state index is 0.0840. The van der Waals surface area contributed by atoms with Gasteiger partial charge in [0.1, 0.15) is 11.5 Å². The summed E-state index contributed by atoms with van der Waals surface area (Å²) in [4.78, 5) is 41.2. The predicted molar refractivity (Wildman–Crippen MR) is 106 cm³/mol. The number of carbonyl (C=O) groups is 2. The molecule has 1 aromatic carbocycles. The Hall–Kier alpha value is -3.68. The lowest BCUT2D eigenvalue weighted by molar-refractivity contribution is -0.115. The van der Waals surface area contributed by atoms with Crippen molar-refractivity contribution in [3.05, 3.63) is 59.5 Å². The van der Waals surface area contributed by atoms with Crippen molar-refractivity contribution in [3.63, 3.8) is 0 Å². The molecule has 28 heavy (non-hydrogen) atoms. The lowest BCUT2D eigenvalue weighted by Crippen LogP contribution is -2.17. The SMILES string of the molecule is CCC(=O)Nc1ccc(C(=O)Nc2nc(C)nc(-c3ccccn3)n2)c(C)c1. The summed E-state index contributed by atoms with van der Waals surface area (Å²) in [5.74, 6) is 0.585. The molecule has 0 radical (unpaired) electrons. The Kier molecular flexibility index (Phi) is 5.69. The number of anilines is 2. The first kappa shape index (κ1) is 19.1. The Labute approximate surface area is 162 Å². The molecule has 2 amide bonds. The van der Waals surface area contributed by atoms with Crippen LogP contribution >= 0.6 is 0 Å². The lowest BCUT2D eigenvalue weighted by atomic mass is 10.1. The first-order valence-electron chi connectivity index (χ1n) is 8.82. The maximum absolute atomic E-state index is 12.7. The molecule has 0 spiro atoms. The van der Waals surface area contributed by atoms with Gasteiger partial charge in [-0.25, -0.2) is 4.98 Å². The summed E-state index contributed by atoms with van der Waals surface area (Å²) in [6.07, 6.45) is 2.04. The molecule has 0 fully saturated rings. The van der Waals surface area contributed by atoms with E-state index in [0.29, 0.717) is 35.0 Å². The number of hydrogen-bond acceptors (Lipinski definition) is 6. The zero-order valence-corrected chi connectivity index (χ0v) is 15.9. The van der Waals surface area contributed by atoms with Gasteiger partial charge in [-0.3, -0.25) is 19.9 Å². The van der Waals surface area contributed by atoms with Crippen LogP contribution in [0.4, 0.5) is 11.6 Å². The minimum Gasteiger partial charge on any atom is -0.326 e. The van der Waals surface area contributed by atoms with Gasteiger partial charge in [-0.2, -0.15) is 9.97 Å². The number of aromatic nitrogens is 4. The minimum atomic E-state index is -0.344. The van der Waals surface area contributed by atoms with Crippen LogP contribution in [0, 0.1) is 13.8 Å². The van der Waals surface area contributed by atoms with E-state index in [0.717, 1.165) is 5.56 Å². The fourth-order valence-corrected chi connectivity index (χ4v) is 2.56. The van der Waals surface area contributed by atoms with E-state index >= 15 is 0 Å². The number of rotatable bonds is 5. The zero-order chi connectivity index (χ0) is 20.1. The molecular weight excluding hydrogens is 356 g/mol. The van der Waals surface area contributed by atoms with Gasteiger partial charge in [0.2, 0.25) is 11.9 Å². The van der Waals surface area contributed by atoms with Crippen LogP contribution in [0.25, 0.3) is 11.5 Å². The molecule has 8 heteroatoms. The second kappa shape index (κ2) is 8.34. The Morgan fingerprint density at radius 3 is 2.50 bits per heavy atom. The Balaban J connectivity index is 1.81. The molecule has 0 aliphatic heterocycles. The fraction of sp³-hybridized carbons (Fsp3) is 0.200. The molecule has 2 aromatic heterocycles. The van der Waals surface area contributed by atoms with Gasteiger partial charge >= 0.3 is 0 Å². The summed E-state index contributed by atoms with van der Waals surface area (Å²) in [6.45, 7) is 5.30. The van der Waals surface area contributed by atoms with Crippen molar-refractivity contribution in [3.8, 4) is 11.5 Å². The summed E-state index contributed by atoms with van der Waals surface area (Å²) in [5, 5.41) is 5.48. The number of benzene rings is 1. The predicted octanol–water partition coefficient (Wildman–Crippen LogP) is 3.15. The van der Waals surface area contributed by atoms with E-state index in [1.807, 2.05) is 6.07 Å². The van der Waals surface area contributed by atoms with Crippen LogP contribution in [0.15, 0.2) is 42.6 Å². The smallest absolute Gasteiger partial charge is 0.258 e. The highest BCUT2D eigenvalue weighted by atomic mass is 16.2. The van der Waals surface area contributed by atoms with Crippen molar-refractivity contribution >= 4 is 23.5 Å². The topological polar surface area (TPSA) is 110 Å². The highest BCUT2D eigenvalue weighted by molar-refractivity contribution is 6.05. The average molecular weight is 376 g/mol. The number of pyridine rings is 1. The van der Waals surface area contributed by atoms with Crippen molar-refractivity contribution in [2.45, 2.75) is 27.2 Å². The summed E-state index contributed by atoms with van der Waals surface area (Å²) in [5.41, 5.74) is 2.43. The third-order valence-electron chi connectivity index (χ3n) is 3.94. The molecule has 8 nitrogen and oxygen atoms in total. The first-order valence-corrected chi connectivity index (χ1v) is 8.82. The van der Waals surface area contributed by atoms with Crippen LogP contribution in [-0.2, 0) is 4.79 Å². The number of hydrogen-bond donors (Lipinski definition) is 2. The van der Waals surface area contributed by atoms with E-state index in [2.05, 4.69) is 30.6 Å². The van der Waals surface area contributed by atoms with E-state index in [-0.39, 0.29) is 17.8 Å². The second-order valence-corrected chi connectivity index (χ2v) is 6.13. The first-order chi connectivity index (χ1) is 13.5. The largest absolute Gasteiger partial charge is 0.326 e. The zero-order valence-electron chi connectivity index (χ0n) is 15.9. The number of nitrogens with one attached hydrogen (secondary N) is 2. The van der Waals surface area contributed by atoms with Crippen molar-refractivity contribution in [1.82, 2.24) is 19.9 Å². The number of amides is 2. The third kappa shape index (κ3) is 4.53. The Bertz CT molecular complexity index is 1020. The molecule has 0 aliphatic rings. The molecular formula is C20H20N6O2. The molecule has 0 bridgehead atoms. The van der Waals surface area contributed by atoms with Gasteiger partial charge < -0.3 is 5.32 Å². The summed E-state index contributed by atoms with van der Waals surface area (Å²) in [6, 6.07) is 10.5. The molecule has 2 heterocycles. The molecule has 0 atom stereocenters. The van der Waals surface area contributed by atoms with Crippen molar-refractivity contribution in [1.29, 1.82) is 0 Å². The van der Waals surface area contributed by atoms with Crippen LogP contribution in [0.1, 0.15) is 35.1 Å². The van der Waals surface area contributed by atoms with Gasteiger partial charge in [0.05, 0.1) is 0 Å². The maximum Gasteiger partial charge on any atom is 0.258 e. The number of carbonyl (C=O) groups excluding carboxylic acids is 2. The average Bonchev–Trinajstić information content (AvgIpc) is 2.68. The summed E-state index contributed by atoms with van der Waals surface area (Å²) >= 11 is 0. The van der Waals surface area contributed by atoms with E-state index in [4.69, 9.17) is 0 Å². The fourth-order valence-electron chi connectivity index (χ4n) is 2.56. The van der Waals surface area contributed by atoms with Gasteiger partial charge in [0.15, 0.2) is 5.82 Å². The molecule has 0 unspecified atom stereocenters. The highest BCUT2D eigenvalue weighted by Gasteiger charge is 2.14. The number of nitrogens with zero attached hydrogens (tertiary/aromatic N) is 4. The molecule has 142 valence electrons. The van der Waals surface area contributed by atoms with E-state index in [1.54, 1.807) is 57.3 Å². The van der Waals surface area contributed by atoms with Gasteiger partial charge in [-0.05, 0) is 49.7 Å². The van der Waals surface area contributed by atoms with Gasteiger partial charge in [-0.15, -0.1) is 0 Å². The van der Waals surface area contributed by atoms with Gasteiger partial charge in [0, 0.05) is 23.9 Å². The molecule has 2 N–H and O–H groups in total. The van der Waals surface area contributed by atoms with Crippen LogP contribution in [0.5, 0.6) is 0 Å². The van der Waals surface area contributed by atoms with Crippen LogP contribution in [-0.4, -0.2) is 31.8 Å². The molecule has 0 saturated heterocycles. The lowest BCUT2D eigenvalue weighted by Gasteiger charge is -2.10. The van der Waals surface area contributed by atoms with Gasteiger partial charge in [-0.1, -0.05) is 13.0 Å². The second-order valence-electron chi connectivity index (χ2n) is 6.13. The van der Waals surface area contributed by atoms with Gasteiger partial charge in [0.25, 0.3) is 5.91 Å². The van der Waals surface area contributed by atoms with Crippen LogP contribution in [0.2, 0.25) is 0 Å².